The molecule has 2 saturated heterocycles. The second kappa shape index (κ2) is 9.54. The standard InChI is InChI=1S/C18H30N4O2S.HI/c1-15(2)11-19-18(20-12-16-6-10-25(23,24)14-16)22-9-5-17(13-22)21-7-3-4-8-21;/h3-4,16-17H,1,5-14H2,2H3,(H,19,20);1H. The summed E-state index contributed by atoms with van der Waals surface area (Å²) in [5.74, 6) is 1.73. The maximum absolute atomic E-state index is 11.7. The zero-order valence-corrected chi connectivity index (χ0v) is 18.7. The van der Waals surface area contributed by atoms with Gasteiger partial charge >= 0.3 is 0 Å². The number of guanidine groups is 1. The molecular formula is C18H31IN4O2S. The fraction of sp³-hybridized carbons (Fsp3) is 0.722. The SMILES string of the molecule is C=C(C)CN=C(NCC1CCS(=O)(=O)C1)N1CCC(N2CC=CC2)C1.I. The van der Waals surface area contributed by atoms with Crippen molar-refractivity contribution in [3.63, 3.8) is 0 Å². The van der Waals surface area contributed by atoms with Gasteiger partial charge in [0.25, 0.3) is 0 Å². The molecule has 0 aromatic carbocycles. The lowest BCUT2D eigenvalue weighted by molar-refractivity contribution is 0.259. The highest BCUT2D eigenvalue weighted by Gasteiger charge is 2.31. The minimum absolute atomic E-state index is 0. The lowest BCUT2D eigenvalue weighted by Gasteiger charge is -2.26. The molecule has 26 heavy (non-hydrogen) atoms. The van der Waals surface area contributed by atoms with Gasteiger partial charge in [-0.25, -0.2) is 13.4 Å². The highest BCUT2D eigenvalue weighted by molar-refractivity contribution is 14.0. The van der Waals surface area contributed by atoms with E-state index < -0.39 is 9.84 Å². The molecule has 6 nitrogen and oxygen atoms in total. The van der Waals surface area contributed by atoms with Crippen LogP contribution >= 0.6 is 24.0 Å². The van der Waals surface area contributed by atoms with Gasteiger partial charge in [0.1, 0.15) is 0 Å². The first-order valence-corrected chi connectivity index (χ1v) is 11.0. The van der Waals surface area contributed by atoms with Gasteiger partial charge in [-0.1, -0.05) is 24.3 Å². The average Bonchev–Trinajstić information content (AvgIpc) is 3.26. The molecule has 2 fully saturated rings. The summed E-state index contributed by atoms with van der Waals surface area (Å²) in [7, 11) is -2.83. The first kappa shape index (κ1) is 21.7. The summed E-state index contributed by atoms with van der Waals surface area (Å²) in [6, 6.07) is 0.568. The van der Waals surface area contributed by atoms with E-state index in [9.17, 15) is 8.42 Å². The summed E-state index contributed by atoms with van der Waals surface area (Å²) in [5.41, 5.74) is 1.03. The maximum atomic E-state index is 11.7. The Bertz CT molecular complexity index is 654. The van der Waals surface area contributed by atoms with Crippen LogP contribution in [0.15, 0.2) is 29.3 Å². The highest BCUT2D eigenvalue weighted by Crippen LogP contribution is 2.20. The van der Waals surface area contributed by atoms with Crippen molar-refractivity contribution in [2.45, 2.75) is 25.8 Å². The van der Waals surface area contributed by atoms with E-state index in [4.69, 9.17) is 4.99 Å². The van der Waals surface area contributed by atoms with Crippen LogP contribution in [0.25, 0.3) is 0 Å². The molecule has 0 bridgehead atoms. The molecule has 3 rings (SSSR count). The van der Waals surface area contributed by atoms with Crippen LogP contribution in [0.1, 0.15) is 19.8 Å². The van der Waals surface area contributed by atoms with E-state index in [2.05, 4.69) is 33.8 Å². The minimum Gasteiger partial charge on any atom is -0.356 e. The van der Waals surface area contributed by atoms with Gasteiger partial charge in [-0.3, -0.25) is 4.90 Å². The second-order valence-corrected chi connectivity index (χ2v) is 9.79. The third-order valence-electron chi connectivity index (χ3n) is 5.20. The largest absolute Gasteiger partial charge is 0.356 e. The molecule has 148 valence electrons. The zero-order valence-electron chi connectivity index (χ0n) is 15.6. The van der Waals surface area contributed by atoms with Crippen molar-refractivity contribution in [2.24, 2.45) is 10.9 Å². The summed E-state index contributed by atoms with van der Waals surface area (Å²) in [5, 5.41) is 3.44. The van der Waals surface area contributed by atoms with E-state index in [1.807, 2.05) is 6.92 Å². The van der Waals surface area contributed by atoms with Crippen molar-refractivity contribution in [1.29, 1.82) is 0 Å². The molecule has 0 spiro atoms. The molecule has 2 atom stereocenters. The van der Waals surface area contributed by atoms with Crippen molar-refractivity contribution in [3.05, 3.63) is 24.3 Å². The molecule has 0 aromatic rings. The van der Waals surface area contributed by atoms with Crippen LogP contribution in [-0.2, 0) is 9.84 Å². The molecule has 0 amide bonds. The molecule has 0 aromatic heterocycles. The Morgan fingerprint density at radius 2 is 2.04 bits per heavy atom. The Kier molecular flexibility index (Phi) is 7.96. The van der Waals surface area contributed by atoms with Crippen LogP contribution in [0, 0.1) is 5.92 Å². The summed E-state index contributed by atoms with van der Waals surface area (Å²) in [6.45, 7) is 11.3. The van der Waals surface area contributed by atoms with Gasteiger partial charge in [-0.15, -0.1) is 24.0 Å². The normalized spacial score (nSPS) is 28.3. The first-order chi connectivity index (χ1) is 11.9. The van der Waals surface area contributed by atoms with Crippen molar-refractivity contribution in [1.82, 2.24) is 15.1 Å². The minimum atomic E-state index is -2.83. The van der Waals surface area contributed by atoms with Crippen molar-refractivity contribution in [2.75, 3.05) is 50.8 Å². The summed E-state index contributed by atoms with van der Waals surface area (Å²) < 4.78 is 23.3. The molecule has 1 N–H and O–H groups in total. The number of hydrogen-bond donors (Lipinski definition) is 1. The van der Waals surface area contributed by atoms with Crippen LogP contribution in [-0.4, -0.2) is 81.0 Å². The number of sulfone groups is 1. The van der Waals surface area contributed by atoms with E-state index in [0.29, 0.717) is 30.6 Å². The highest BCUT2D eigenvalue weighted by atomic mass is 127. The number of rotatable bonds is 5. The molecule has 2 unspecified atom stereocenters. The average molecular weight is 494 g/mol. The molecule has 3 heterocycles. The molecule has 0 saturated carbocycles. The number of halogens is 1. The lowest BCUT2D eigenvalue weighted by Crippen LogP contribution is -2.44. The van der Waals surface area contributed by atoms with Crippen LogP contribution < -0.4 is 5.32 Å². The van der Waals surface area contributed by atoms with Crippen molar-refractivity contribution < 1.29 is 8.42 Å². The fourth-order valence-electron chi connectivity index (χ4n) is 3.77. The molecule has 0 radical (unpaired) electrons. The predicted molar refractivity (Wildman–Crippen MR) is 118 cm³/mol. The Hall–Kier alpha value is -0.610. The third kappa shape index (κ3) is 5.95. The molecular weight excluding hydrogens is 463 g/mol. The van der Waals surface area contributed by atoms with Crippen molar-refractivity contribution >= 4 is 39.8 Å². The van der Waals surface area contributed by atoms with Crippen LogP contribution in [0.2, 0.25) is 0 Å². The topological polar surface area (TPSA) is 65.0 Å². The number of hydrogen-bond acceptors (Lipinski definition) is 4. The summed E-state index contributed by atoms with van der Waals surface area (Å²) in [4.78, 5) is 9.53. The summed E-state index contributed by atoms with van der Waals surface area (Å²) in [6.07, 6.45) is 6.37. The smallest absolute Gasteiger partial charge is 0.194 e. The van der Waals surface area contributed by atoms with Crippen LogP contribution in [0.3, 0.4) is 0 Å². The number of nitrogens with zero attached hydrogens (tertiary/aromatic N) is 3. The van der Waals surface area contributed by atoms with E-state index in [1.165, 1.54) is 0 Å². The van der Waals surface area contributed by atoms with Gasteiger partial charge in [0.05, 0.1) is 18.1 Å². The Morgan fingerprint density at radius 3 is 2.65 bits per heavy atom. The Balaban J connectivity index is 0.00000243. The maximum Gasteiger partial charge on any atom is 0.194 e. The molecule has 3 aliphatic rings. The van der Waals surface area contributed by atoms with E-state index in [1.54, 1.807) is 0 Å². The number of aliphatic imine (C=N–C) groups is 1. The van der Waals surface area contributed by atoms with E-state index >= 15 is 0 Å². The van der Waals surface area contributed by atoms with Gasteiger partial charge in [0.15, 0.2) is 15.8 Å². The van der Waals surface area contributed by atoms with Crippen molar-refractivity contribution in [3.8, 4) is 0 Å². The first-order valence-electron chi connectivity index (χ1n) is 9.20. The zero-order chi connectivity index (χ0) is 17.9. The quantitative estimate of drug-likeness (QED) is 0.272. The monoisotopic (exact) mass is 494 g/mol. The number of likely N-dealkylation sites (tertiary alicyclic amines) is 1. The lowest BCUT2D eigenvalue weighted by atomic mass is 10.1. The Labute approximate surface area is 174 Å². The Morgan fingerprint density at radius 1 is 1.31 bits per heavy atom. The second-order valence-electron chi connectivity index (χ2n) is 7.56. The fourth-order valence-corrected chi connectivity index (χ4v) is 5.63. The molecule has 3 aliphatic heterocycles. The van der Waals surface area contributed by atoms with Gasteiger partial charge in [-0.2, -0.15) is 0 Å². The van der Waals surface area contributed by atoms with E-state index in [0.717, 1.165) is 50.6 Å². The molecule has 8 heteroatoms. The molecule has 0 aliphatic carbocycles. The third-order valence-corrected chi connectivity index (χ3v) is 7.04. The van der Waals surface area contributed by atoms with Gasteiger partial charge in [0, 0.05) is 38.8 Å². The summed E-state index contributed by atoms with van der Waals surface area (Å²) >= 11 is 0. The van der Waals surface area contributed by atoms with Gasteiger partial charge < -0.3 is 10.2 Å². The van der Waals surface area contributed by atoms with Crippen LogP contribution in [0.5, 0.6) is 0 Å². The van der Waals surface area contributed by atoms with E-state index in [-0.39, 0.29) is 29.9 Å². The predicted octanol–water partition coefficient (Wildman–Crippen LogP) is 1.51. The number of nitrogens with one attached hydrogen (secondary N) is 1. The van der Waals surface area contributed by atoms with Gasteiger partial charge in [0.2, 0.25) is 0 Å². The van der Waals surface area contributed by atoms with Gasteiger partial charge in [-0.05, 0) is 25.7 Å². The van der Waals surface area contributed by atoms with Crippen LogP contribution in [0.4, 0.5) is 0 Å².